The van der Waals surface area contributed by atoms with E-state index in [0.29, 0.717) is 6.54 Å². The Hall–Kier alpha value is -1.81. The first kappa shape index (κ1) is 12.6. The molecule has 2 aromatic heterocycles. The summed E-state index contributed by atoms with van der Waals surface area (Å²) in [7, 11) is 0. The van der Waals surface area contributed by atoms with E-state index in [9.17, 15) is 0 Å². The highest BCUT2D eigenvalue weighted by Crippen LogP contribution is 2.17. The van der Waals surface area contributed by atoms with E-state index in [0.717, 1.165) is 35.9 Å². The first-order chi connectivity index (χ1) is 8.72. The maximum atomic E-state index is 5.70. The molecule has 2 aromatic rings. The molecule has 96 valence electrons. The summed E-state index contributed by atoms with van der Waals surface area (Å²) in [6.07, 6.45) is 1.69. The molecule has 0 atom stereocenters. The number of aryl methyl sites for hydroxylation is 1. The monoisotopic (exact) mass is 245 g/mol. The summed E-state index contributed by atoms with van der Waals surface area (Å²) in [5.41, 5.74) is 7.80. The summed E-state index contributed by atoms with van der Waals surface area (Å²) in [5.74, 6) is 1.89. The fraction of sp³-hybridized carbons (Fsp3) is 0.357. The Labute approximate surface area is 107 Å². The molecule has 0 bridgehead atoms. The van der Waals surface area contributed by atoms with Crippen LogP contribution in [0.25, 0.3) is 0 Å². The lowest BCUT2D eigenvalue weighted by atomic mass is 10.2. The SMILES string of the molecule is CCN(Cc1ccco1)c1cc(CN)cc(C)n1. The van der Waals surface area contributed by atoms with Gasteiger partial charge in [-0.25, -0.2) is 4.98 Å². The Bertz CT molecular complexity index is 494. The van der Waals surface area contributed by atoms with Crippen molar-refractivity contribution in [3.8, 4) is 0 Å². The minimum Gasteiger partial charge on any atom is -0.467 e. The summed E-state index contributed by atoms with van der Waals surface area (Å²) in [5, 5.41) is 0. The van der Waals surface area contributed by atoms with Crippen LogP contribution in [0.15, 0.2) is 34.9 Å². The molecule has 4 nitrogen and oxygen atoms in total. The van der Waals surface area contributed by atoms with Crippen LogP contribution >= 0.6 is 0 Å². The maximum Gasteiger partial charge on any atom is 0.129 e. The third-order valence-electron chi connectivity index (χ3n) is 2.87. The van der Waals surface area contributed by atoms with Crippen LogP contribution in [0, 0.1) is 6.92 Å². The van der Waals surface area contributed by atoms with E-state index in [-0.39, 0.29) is 0 Å². The lowest BCUT2D eigenvalue weighted by Gasteiger charge is -2.21. The fourth-order valence-corrected chi connectivity index (χ4v) is 1.95. The van der Waals surface area contributed by atoms with Gasteiger partial charge in [-0.1, -0.05) is 0 Å². The Morgan fingerprint density at radius 1 is 1.39 bits per heavy atom. The van der Waals surface area contributed by atoms with Crippen molar-refractivity contribution in [3.05, 3.63) is 47.5 Å². The van der Waals surface area contributed by atoms with Gasteiger partial charge in [0.25, 0.3) is 0 Å². The normalized spacial score (nSPS) is 10.6. The predicted octanol–water partition coefficient (Wildman–Crippen LogP) is 2.47. The number of pyridine rings is 1. The highest BCUT2D eigenvalue weighted by molar-refractivity contribution is 5.42. The van der Waals surface area contributed by atoms with Crippen LogP contribution in [-0.4, -0.2) is 11.5 Å². The minimum atomic E-state index is 0.536. The van der Waals surface area contributed by atoms with Gasteiger partial charge in [0.1, 0.15) is 11.6 Å². The predicted molar refractivity (Wildman–Crippen MR) is 72.3 cm³/mol. The average Bonchev–Trinajstić information content (AvgIpc) is 2.88. The van der Waals surface area contributed by atoms with Crippen LogP contribution in [-0.2, 0) is 13.1 Å². The van der Waals surface area contributed by atoms with E-state index in [2.05, 4.69) is 16.8 Å². The second-order valence-corrected chi connectivity index (χ2v) is 4.27. The molecule has 18 heavy (non-hydrogen) atoms. The molecular weight excluding hydrogens is 226 g/mol. The van der Waals surface area contributed by atoms with Crippen molar-refractivity contribution in [2.75, 3.05) is 11.4 Å². The second kappa shape index (κ2) is 5.69. The van der Waals surface area contributed by atoms with Crippen LogP contribution in [0.5, 0.6) is 0 Å². The van der Waals surface area contributed by atoms with E-state index >= 15 is 0 Å². The molecule has 2 heterocycles. The molecule has 0 amide bonds. The zero-order chi connectivity index (χ0) is 13.0. The van der Waals surface area contributed by atoms with E-state index < -0.39 is 0 Å². The standard InChI is InChI=1S/C14H19N3O/c1-3-17(10-13-5-4-6-18-13)14-8-12(9-15)7-11(2)16-14/h4-8H,3,9-10,15H2,1-2H3. The van der Waals surface area contributed by atoms with Crippen molar-refractivity contribution >= 4 is 5.82 Å². The van der Waals surface area contributed by atoms with Gasteiger partial charge >= 0.3 is 0 Å². The largest absolute Gasteiger partial charge is 0.467 e. The van der Waals surface area contributed by atoms with E-state index in [1.54, 1.807) is 6.26 Å². The van der Waals surface area contributed by atoms with E-state index in [1.807, 2.05) is 31.2 Å². The molecule has 0 spiro atoms. The zero-order valence-electron chi connectivity index (χ0n) is 10.9. The molecule has 0 aliphatic carbocycles. The molecule has 0 aliphatic rings. The molecule has 0 radical (unpaired) electrons. The van der Waals surface area contributed by atoms with Gasteiger partial charge in [-0.3, -0.25) is 0 Å². The van der Waals surface area contributed by atoms with Gasteiger partial charge in [0, 0.05) is 18.8 Å². The third-order valence-corrected chi connectivity index (χ3v) is 2.87. The summed E-state index contributed by atoms with van der Waals surface area (Å²) >= 11 is 0. The van der Waals surface area contributed by atoms with Crippen molar-refractivity contribution in [3.63, 3.8) is 0 Å². The van der Waals surface area contributed by atoms with Gasteiger partial charge in [-0.15, -0.1) is 0 Å². The number of rotatable bonds is 5. The third kappa shape index (κ3) is 2.90. The summed E-state index contributed by atoms with van der Waals surface area (Å²) in [4.78, 5) is 6.73. The van der Waals surface area contributed by atoms with Gasteiger partial charge in [0.15, 0.2) is 0 Å². The molecule has 4 heteroatoms. The molecule has 0 aliphatic heterocycles. The average molecular weight is 245 g/mol. The minimum absolute atomic E-state index is 0.536. The Morgan fingerprint density at radius 2 is 2.22 bits per heavy atom. The number of anilines is 1. The number of nitrogens with two attached hydrogens (primary N) is 1. The molecule has 0 aromatic carbocycles. The van der Waals surface area contributed by atoms with Gasteiger partial charge in [0.2, 0.25) is 0 Å². The highest BCUT2D eigenvalue weighted by Gasteiger charge is 2.09. The van der Waals surface area contributed by atoms with Crippen LogP contribution in [0.3, 0.4) is 0 Å². The van der Waals surface area contributed by atoms with Crippen molar-refractivity contribution < 1.29 is 4.42 Å². The highest BCUT2D eigenvalue weighted by atomic mass is 16.3. The first-order valence-electron chi connectivity index (χ1n) is 6.18. The molecule has 0 saturated carbocycles. The van der Waals surface area contributed by atoms with Crippen LogP contribution in [0.1, 0.15) is 23.9 Å². The van der Waals surface area contributed by atoms with Gasteiger partial charge in [-0.2, -0.15) is 0 Å². The molecule has 0 fully saturated rings. The van der Waals surface area contributed by atoms with Crippen molar-refractivity contribution in [1.29, 1.82) is 0 Å². The molecule has 0 saturated heterocycles. The molecular formula is C14H19N3O. The summed E-state index contributed by atoms with van der Waals surface area (Å²) < 4.78 is 5.38. The van der Waals surface area contributed by atoms with Crippen molar-refractivity contribution in [2.45, 2.75) is 26.9 Å². The zero-order valence-corrected chi connectivity index (χ0v) is 10.9. The molecule has 0 unspecified atom stereocenters. The Kier molecular flexibility index (Phi) is 3.99. The van der Waals surface area contributed by atoms with Gasteiger partial charge in [0.05, 0.1) is 12.8 Å². The maximum absolute atomic E-state index is 5.70. The van der Waals surface area contributed by atoms with Gasteiger partial charge < -0.3 is 15.1 Å². The summed E-state index contributed by atoms with van der Waals surface area (Å²) in [6, 6.07) is 7.93. The lowest BCUT2D eigenvalue weighted by molar-refractivity contribution is 0.503. The van der Waals surface area contributed by atoms with Crippen LogP contribution in [0.4, 0.5) is 5.82 Å². The van der Waals surface area contributed by atoms with E-state index in [4.69, 9.17) is 10.2 Å². The van der Waals surface area contributed by atoms with Crippen molar-refractivity contribution in [2.24, 2.45) is 5.73 Å². The fourth-order valence-electron chi connectivity index (χ4n) is 1.95. The smallest absolute Gasteiger partial charge is 0.129 e. The number of hydrogen-bond acceptors (Lipinski definition) is 4. The van der Waals surface area contributed by atoms with E-state index in [1.165, 1.54) is 0 Å². The quantitative estimate of drug-likeness (QED) is 0.879. The number of nitrogens with zero attached hydrogens (tertiary/aromatic N) is 2. The molecule has 2 N–H and O–H groups in total. The summed E-state index contributed by atoms with van der Waals surface area (Å²) in [6.45, 7) is 6.23. The van der Waals surface area contributed by atoms with Crippen molar-refractivity contribution in [1.82, 2.24) is 4.98 Å². The number of furan rings is 1. The molecule has 2 rings (SSSR count). The first-order valence-corrected chi connectivity index (χ1v) is 6.18. The number of hydrogen-bond donors (Lipinski definition) is 1. The van der Waals surface area contributed by atoms with Crippen LogP contribution in [0.2, 0.25) is 0 Å². The Morgan fingerprint density at radius 3 is 2.83 bits per heavy atom. The van der Waals surface area contributed by atoms with Gasteiger partial charge in [-0.05, 0) is 43.7 Å². The lowest BCUT2D eigenvalue weighted by Crippen LogP contribution is -2.23. The Balaban J connectivity index is 2.24. The van der Waals surface area contributed by atoms with Crippen LogP contribution < -0.4 is 10.6 Å². The number of aromatic nitrogens is 1. The topological polar surface area (TPSA) is 55.3 Å². The second-order valence-electron chi connectivity index (χ2n) is 4.27.